The Kier molecular flexibility index (Phi) is 4.33. The topological polar surface area (TPSA) is 85.0 Å². The second-order valence-electron chi connectivity index (χ2n) is 4.71. The molecule has 2 heterocycles. The fourth-order valence-electron chi connectivity index (χ4n) is 1.92. The molecule has 1 aromatic heterocycles. The molecule has 2 rings (SSSR count). The lowest BCUT2D eigenvalue weighted by Gasteiger charge is -2.28. The van der Waals surface area contributed by atoms with Crippen molar-refractivity contribution in [3.63, 3.8) is 0 Å². The summed E-state index contributed by atoms with van der Waals surface area (Å²) in [6.45, 7) is 3.88. The predicted octanol–water partition coefficient (Wildman–Crippen LogP) is 0.483. The van der Waals surface area contributed by atoms with Gasteiger partial charge in [-0.2, -0.15) is 5.10 Å². The summed E-state index contributed by atoms with van der Waals surface area (Å²) < 4.78 is 1.85. The Bertz CT molecular complexity index is 399. The minimum Gasteiger partial charge on any atom is -0.320 e. The van der Waals surface area contributed by atoms with Crippen molar-refractivity contribution in [3.05, 3.63) is 12.3 Å². The van der Waals surface area contributed by atoms with Gasteiger partial charge in [0.1, 0.15) is 5.82 Å². The first kappa shape index (κ1) is 13.0. The van der Waals surface area contributed by atoms with Crippen molar-refractivity contribution in [2.45, 2.75) is 38.3 Å². The van der Waals surface area contributed by atoms with Gasteiger partial charge in [0, 0.05) is 19.2 Å². The van der Waals surface area contributed by atoms with E-state index in [4.69, 9.17) is 5.73 Å². The number of amides is 1. The average molecular weight is 251 g/mol. The second kappa shape index (κ2) is 5.97. The van der Waals surface area contributed by atoms with Gasteiger partial charge in [-0.1, -0.05) is 19.8 Å². The van der Waals surface area contributed by atoms with Crippen molar-refractivity contribution in [2.75, 3.05) is 18.4 Å². The van der Waals surface area contributed by atoms with Gasteiger partial charge in [-0.05, 0) is 6.42 Å². The number of unbranched alkanes of at least 4 members (excludes halogenated alkanes) is 1. The fraction of sp³-hybridized carbons (Fsp3) is 0.667. The third-order valence-corrected chi connectivity index (χ3v) is 3.23. The van der Waals surface area contributed by atoms with Gasteiger partial charge in [0.2, 0.25) is 5.91 Å². The predicted molar refractivity (Wildman–Crippen MR) is 70.3 cm³/mol. The fourth-order valence-corrected chi connectivity index (χ4v) is 1.92. The van der Waals surface area contributed by atoms with E-state index >= 15 is 0 Å². The van der Waals surface area contributed by atoms with Gasteiger partial charge in [-0.15, -0.1) is 0 Å². The van der Waals surface area contributed by atoms with Crippen LogP contribution < -0.4 is 16.4 Å². The van der Waals surface area contributed by atoms with E-state index in [1.54, 1.807) is 6.20 Å². The van der Waals surface area contributed by atoms with Crippen molar-refractivity contribution in [1.29, 1.82) is 0 Å². The first-order chi connectivity index (χ1) is 8.72. The lowest BCUT2D eigenvalue weighted by molar-refractivity contribution is -0.117. The number of nitrogens with one attached hydrogen (secondary N) is 2. The van der Waals surface area contributed by atoms with E-state index in [-0.39, 0.29) is 5.91 Å². The summed E-state index contributed by atoms with van der Waals surface area (Å²) in [5, 5.41) is 10.3. The van der Waals surface area contributed by atoms with E-state index in [1.807, 2.05) is 10.7 Å². The number of hydrogen-bond donors (Lipinski definition) is 3. The molecular formula is C12H21N5O. The molecule has 1 atom stereocenters. The Morgan fingerprint density at radius 1 is 1.72 bits per heavy atom. The standard InChI is InChI=1S/C12H21N5O/c1-2-3-4-10(13)12(18)16-11-5-6-15-17(11)9-7-14-8-9/h5-6,9-10,14H,2-4,7-8,13H2,1H3,(H,16,18)/t10-/m0/s1. The van der Waals surface area contributed by atoms with E-state index in [0.717, 1.165) is 38.2 Å². The van der Waals surface area contributed by atoms with Gasteiger partial charge >= 0.3 is 0 Å². The zero-order valence-corrected chi connectivity index (χ0v) is 10.7. The van der Waals surface area contributed by atoms with Crippen LogP contribution in [-0.4, -0.2) is 34.8 Å². The van der Waals surface area contributed by atoms with Crippen molar-refractivity contribution in [3.8, 4) is 0 Å². The highest BCUT2D eigenvalue weighted by atomic mass is 16.2. The van der Waals surface area contributed by atoms with Gasteiger partial charge in [0.15, 0.2) is 0 Å². The van der Waals surface area contributed by atoms with Crippen LogP contribution in [0.25, 0.3) is 0 Å². The Labute approximate surface area is 107 Å². The van der Waals surface area contributed by atoms with Crippen molar-refractivity contribution in [1.82, 2.24) is 15.1 Å². The van der Waals surface area contributed by atoms with E-state index in [0.29, 0.717) is 6.04 Å². The smallest absolute Gasteiger partial charge is 0.242 e. The van der Waals surface area contributed by atoms with Gasteiger partial charge < -0.3 is 16.4 Å². The number of carbonyl (C=O) groups is 1. The van der Waals surface area contributed by atoms with Crippen molar-refractivity contribution in [2.24, 2.45) is 5.73 Å². The van der Waals surface area contributed by atoms with Crippen molar-refractivity contribution < 1.29 is 4.79 Å². The van der Waals surface area contributed by atoms with Crippen LogP contribution in [0.3, 0.4) is 0 Å². The van der Waals surface area contributed by atoms with Gasteiger partial charge in [-0.25, -0.2) is 4.68 Å². The average Bonchev–Trinajstić information content (AvgIpc) is 2.72. The van der Waals surface area contributed by atoms with E-state index in [1.165, 1.54) is 0 Å². The Balaban J connectivity index is 1.92. The molecule has 6 heteroatoms. The lowest BCUT2D eigenvalue weighted by atomic mass is 10.1. The van der Waals surface area contributed by atoms with Crippen LogP contribution in [0, 0.1) is 0 Å². The zero-order valence-electron chi connectivity index (χ0n) is 10.7. The van der Waals surface area contributed by atoms with Crippen LogP contribution in [0.2, 0.25) is 0 Å². The number of rotatable bonds is 6. The third kappa shape index (κ3) is 2.88. The van der Waals surface area contributed by atoms with Crippen LogP contribution in [0.1, 0.15) is 32.2 Å². The van der Waals surface area contributed by atoms with Gasteiger partial charge in [-0.3, -0.25) is 4.79 Å². The van der Waals surface area contributed by atoms with Crippen LogP contribution >= 0.6 is 0 Å². The molecule has 0 bridgehead atoms. The Morgan fingerprint density at radius 2 is 2.50 bits per heavy atom. The molecule has 0 spiro atoms. The second-order valence-corrected chi connectivity index (χ2v) is 4.71. The third-order valence-electron chi connectivity index (χ3n) is 3.23. The number of anilines is 1. The maximum absolute atomic E-state index is 11.9. The molecule has 1 saturated heterocycles. The molecule has 0 saturated carbocycles. The molecule has 100 valence electrons. The van der Waals surface area contributed by atoms with E-state index < -0.39 is 6.04 Å². The number of hydrogen-bond acceptors (Lipinski definition) is 4. The minimum absolute atomic E-state index is 0.127. The Morgan fingerprint density at radius 3 is 3.11 bits per heavy atom. The quantitative estimate of drug-likeness (QED) is 0.686. The first-order valence-electron chi connectivity index (χ1n) is 6.53. The van der Waals surface area contributed by atoms with Crippen LogP contribution in [-0.2, 0) is 4.79 Å². The lowest BCUT2D eigenvalue weighted by Crippen LogP contribution is -2.44. The molecule has 0 aliphatic carbocycles. The molecule has 0 radical (unpaired) electrons. The minimum atomic E-state index is -0.437. The molecule has 1 amide bonds. The first-order valence-corrected chi connectivity index (χ1v) is 6.53. The largest absolute Gasteiger partial charge is 0.320 e. The van der Waals surface area contributed by atoms with E-state index in [2.05, 4.69) is 22.7 Å². The normalized spacial score (nSPS) is 17.2. The summed E-state index contributed by atoms with van der Waals surface area (Å²) in [6.07, 6.45) is 4.44. The molecule has 0 unspecified atom stereocenters. The van der Waals surface area contributed by atoms with Crippen LogP contribution in [0.4, 0.5) is 5.82 Å². The highest BCUT2D eigenvalue weighted by molar-refractivity contribution is 5.93. The summed E-state index contributed by atoms with van der Waals surface area (Å²) in [6, 6.07) is 1.71. The van der Waals surface area contributed by atoms with Crippen LogP contribution in [0.15, 0.2) is 12.3 Å². The summed E-state index contributed by atoms with van der Waals surface area (Å²) >= 11 is 0. The molecule has 6 nitrogen and oxygen atoms in total. The maximum Gasteiger partial charge on any atom is 0.242 e. The summed E-state index contributed by atoms with van der Waals surface area (Å²) in [7, 11) is 0. The highest BCUT2D eigenvalue weighted by Crippen LogP contribution is 2.17. The molecule has 18 heavy (non-hydrogen) atoms. The molecule has 4 N–H and O–H groups in total. The van der Waals surface area contributed by atoms with Crippen molar-refractivity contribution >= 4 is 11.7 Å². The highest BCUT2D eigenvalue weighted by Gasteiger charge is 2.23. The maximum atomic E-state index is 11.9. The number of nitrogens with zero attached hydrogens (tertiary/aromatic N) is 2. The van der Waals surface area contributed by atoms with Gasteiger partial charge in [0.05, 0.1) is 18.3 Å². The van der Waals surface area contributed by atoms with E-state index in [9.17, 15) is 4.79 Å². The monoisotopic (exact) mass is 251 g/mol. The summed E-state index contributed by atoms with van der Waals surface area (Å²) in [5.74, 6) is 0.607. The SMILES string of the molecule is CCCC[C@H](N)C(=O)Nc1ccnn1C1CNC1. The number of aromatic nitrogens is 2. The summed E-state index contributed by atoms with van der Waals surface area (Å²) in [5.41, 5.74) is 5.84. The molecule has 1 aliphatic heterocycles. The molecule has 1 aliphatic rings. The molecular weight excluding hydrogens is 230 g/mol. The van der Waals surface area contributed by atoms with Gasteiger partial charge in [0.25, 0.3) is 0 Å². The number of nitrogens with two attached hydrogens (primary N) is 1. The molecule has 0 aromatic carbocycles. The Hall–Kier alpha value is -1.40. The summed E-state index contributed by atoms with van der Waals surface area (Å²) in [4.78, 5) is 11.9. The molecule has 1 aromatic rings. The molecule has 1 fully saturated rings. The van der Waals surface area contributed by atoms with Crippen LogP contribution in [0.5, 0.6) is 0 Å². The number of carbonyl (C=O) groups excluding carboxylic acids is 1. The zero-order chi connectivity index (χ0) is 13.0.